The molecule has 2 unspecified atom stereocenters. The number of halogens is 1. The van der Waals surface area contributed by atoms with Gasteiger partial charge in [0.1, 0.15) is 0 Å². The molecule has 12 heavy (non-hydrogen) atoms. The van der Waals surface area contributed by atoms with Gasteiger partial charge in [-0.1, -0.05) is 23.7 Å². The SMILES string of the molecule is NC1CSC1c1cccc(Cl)c1. The van der Waals surface area contributed by atoms with Gasteiger partial charge in [0.25, 0.3) is 0 Å². The van der Waals surface area contributed by atoms with E-state index in [1.165, 1.54) is 5.56 Å². The highest BCUT2D eigenvalue weighted by molar-refractivity contribution is 8.01. The Morgan fingerprint density at radius 3 is 2.83 bits per heavy atom. The summed E-state index contributed by atoms with van der Waals surface area (Å²) < 4.78 is 0. The Morgan fingerprint density at radius 1 is 1.50 bits per heavy atom. The highest BCUT2D eigenvalue weighted by Crippen LogP contribution is 2.41. The largest absolute Gasteiger partial charge is 0.326 e. The number of hydrogen-bond donors (Lipinski definition) is 1. The van der Waals surface area contributed by atoms with Crippen molar-refractivity contribution in [3.8, 4) is 0 Å². The Balaban J connectivity index is 2.22. The Morgan fingerprint density at radius 2 is 2.33 bits per heavy atom. The van der Waals surface area contributed by atoms with Crippen molar-refractivity contribution >= 4 is 23.4 Å². The van der Waals surface area contributed by atoms with Gasteiger partial charge in [0, 0.05) is 22.1 Å². The number of nitrogens with two attached hydrogens (primary N) is 1. The Bertz CT molecular complexity index is 290. The topological polar surface area (TPSA) is 26.0 Å². The van der Waals surface area contributed by atoms with Crippen LogP contribution in [0.1, 0.15) is 10.8 Å². The molecule has 2 N–H and O–H groups in total. The van der Waals surface area contributed by atoms with E-state index in [1.54, 1.807) is 0 Å². The normalized spacial score (nSPS) is 28.2. The second kappa shape index (κ2) is 3.29. The molecule has 1 aliphatic heterocycles. The molecule has 2 rings (SSSR count). The van der Waals surface area contributed by atoms with Crippen LogP contribution in [0.4, 0.5) is 0 Å². The van der Waals surface area contributed by atoms with Gasteiger partial charge < -0.3 is 5.73 Å². The molecular weight excluding hydrogens is 190 g/mol. The zero-order chi connectivity index (χ0) is 8.55. The molecule has 0 amide bonds. The lowest BCUT2D eigenvalue weighted by Crippen LogP contribution is -2.37. The van der Waals surface area contributed by atoms with E-state index in [-0.39, 0.29) is 0 Å². The Hall–Kier alpha value is -0.180. The predicted octanol–water partition coefficient (Wildman–Crippen LogP) is 2.46. The summed E-state index contributed by atoms with van der Waals surface area (Å²) in [7, 11) is 0. The molecule has 0 saturated carbocycles. The molecule has 1 aliphatic rings. The van der Waals surface area contributed by atoms with E-state index in [0.717, 1.165) is 10.8 Å². The predicted molar refractivity (Wildman–Crippen MR) is 54.6 cm³/mol. The molecule has 64 valence electrons. The summed E-state index contributed by atoms with van der Waals surface area (Å²) >= 11 is 7.76. The van der Waals surface area contributed by atoms with Gasteiger partial charge in [-0.2, -0.15) is 11.8 Å². The maximum Gasteiger partial charge on any atom is 0.0457 e. The van der Waals surface area contributed by atoms with Crippen molar-refractivity contribution in [3.63, 3.8) is 0 Å². The lowest BCUT2D eigenvalue weighted by Gasteiger charge is -2.33. The monoisotopic (exact) mass is 199 g/mol. The van der Waals surface area contributed by atoms with Crippen LogP contribution in [0, 0.1) is 0 Å². The first-order valence-electron chi connectivity index (χ1n) is 3.90. The molecule has 0 bridgehead atoms. The molecule has 2 atom stereocenters. The van der Waals surface area contributed by atoms with Gasteiger partial charge in [0.15, 0.2) is 0 Å². The number of hydrogen-bond acceptors (Lipinski definition) is 2. The van der Waals surface area contributed by atoms with E-state index in [4.69, 9.17) is 17.3 Å². The molecule has 1 saturated heterocycles. The molecule has 1 heterocycles. The summed E-state index contributed by atoms with van der Waals surface area (Å²) in [6.45, 7) is 0. The summed E-state index contributed by atoms with van der Waals surface area (Å²) in [5.41, 5.74) is 7.10. The minimum atomic E-state index is 0.313. The molecule has 0 aromatic heterocycles. The second-order valence-electron chi connectivity index (χ2n) is 2.97. The summed E-state index contributed by atoms with van der Waals surface area (Å²) in [6.07, 6.45) is 0. The van der Waals surface area contributed by atoms with Crippen molar-refractivity contribution in [1.82, 2.24) is 0 Å². The van der Waals surface area contributed by atoms with Crippen LogP contribution in [0.15, 0.2) is 24.3 Å². The third-order valence-electron chi connectivity index (χ3n) is 2.03. The van der Waals surface area contributed by atoms with E-state index >= 15 is 0 Å². The fourth-order valence-corrected chi connectivity index (χ4v) is 2.48. The van der Waals surface area contributed by atoms with E-state index in [0.29, 0.717) is 11.3 Å². The van der Waals surface area contributed by atoms with Crippen LogP contribution in [0.5, 0.6) is 0 Å². The minimum Gasteiger partial charge on any atom is -0.326 e. The standard InChI is InChI=1S/C9H10ClNS/c10-7-3-1-2-6(4-7)9-8(11)5-12-9/h1-4,8-9H,5,11H2. The Labute approximate surface area is 81.3 Å². The molecule has 1 nitrogen and oxygen atoms in total. The summed E-state index contributed by atoms with van der Waals surface area (Å²) in [5.74, 6) is 1.07. The lowest BCUT2D eigenvalue weighted by atomic mass is 10.1. The van der Waals surface area contributed by atoms with Gasteiger partial charge in [-0.25, -0.2) is 0 Å². The Kier molecular flexibility index (Phi) is 2.31. The van der Waals surface area contributed by atoms with Crippen molar-refractivity contribution in [2.75, 3.05) is 5.75 Å². The number of benzene rings is 1. The lowest BCUT2D eigenvalue weighted by molar-refractivity contribution is 0.687. The smallest absolute Gasteiger partial charge is 0.0457 e. The first-order chi connectivity index (χ1) is 5.77. The van der Waals surface area contributed by atoms with Crippen molar-refractivity contribution < 1.29 is 0 Å². The van der Waals surface area contributed by atoms with Crippen LogP contribution in [0.3, 0.4) is 0 Å². The highest BCUT2D eigenvalue weighted by Gasteiger charge is 2.29. The van der Waals surface area contributed by atoms with Crippen molar-refractivity contribution in [2.45, 2.75) is 11.3 Å². The van der Waals surface area contributed by atoms with Crippen LogP contribution in [-0.2, 0) is 0 Å². The van der Waals surface area contributed by atoms with Crippen molar-refractivity contribution in [2.24, 2.45) is 5.73 Å². The molecule has 0 aliphatic carbocycles. The van der Waals surface area contributed by atoms with Gasteiger partial charge in [0.2, 0.25) is 0 Å². The summed E-state index contributed by atoms with van der Waals surface area (Å²) in [5, 5.41) is 1.26. The van der Waals surface area contributed by atoms with Crippen LogP contribution in [0.2, 0.25) is 5.02 Å². The van der Waals surface area contributed by atoms with Gasteiger partial charge in [-0.15, -0.1) is 0 Å². The summed E-state index contributed by atoms with van der Waals surface area (Å²) in [4.78, 5) is 0. The third-order valence-corrected chi connectivity index (χ3v) is 3.83. The molecular formula is C9H10ClNS. The van der Waals surface area contributed by atoms with Gasteiger partial charge >= 0.3 is 0 Å². The van der Waals surface area contributed by atoms with Crippen molar-refractivity contribution in [3.05, 3.63) is 34.9 Å². The third kappa shape index (κ3) is 1.47. The molecule has 1 fully saturated rings. The van der Waals surface area contributed by atoms with E-state index in [9.17, 15) is 0 Å². The zero-order valence-corrected chi connectivity index (χ0v) is 8.11. The van der Waals surface area contributed by atoms with E-state index in [2.05, 4.69) is 6.07 Å². The highest BCUT2D eigenvalue weighted by atomic mass is 35.5. The van der Waals surface area contributed by atoms with Crippen LogP contribution >= 0.6 is 23.4 Å². The molecule has 3 heteroatoms. The molecule has 0 spiro atoms. The van der Waals surface area contributed by atoms with Gasteiger partial charge in [-0.05, 0) is 17.7 Å². The van der Waals surface area contributed by atoms with E-state index in [1.807, 2.05) is 30.0 Å². The van der Waals surface area contributed by atoms with Gasteiger partial charge in [0.05, 0.1) is 0 Å². The van der Waals surface area contributed by atoms with Crippen LogP contribution in [0.25, 0.3) is 0 Å². The minimum absolute atomic E-state index is 0.313. The van der Waals surface area contributed by atoms with E-state index < -0.39 is 0 Å². The quantitative estimate of drug-likeness (QED) is 0.752. The fourth-order valence-electron chi connectivity index (χ4n) is 1.33. The summed E-state index contributed by atoms with van der Waals surface area (Å²) in [6, 6.07) is 8.26. The fraction of sp³-hybridized carbons (Fsp3) is 0.333. The average Bonchev–Trinajstić information content (AvgIpc) is 2.02. The first-order valence-corrected chi connectivity index (χ1v) is 5.33. The molecule has 1 aromatic rings. The maximum atomic E-state index is 5.87. The second-order valence-corrected chi connectivity index (χ2v) is 4.58. The zero-order valence-electron chi connectivity index (χ0n) is 6.53. The number of rotatable bonds is 1. The van der Waals surface area contributed by atoms with Crippen LogP contribution < -0.4 is 5.73 Å². The molecule has 0 radical (unpaired) electrons. The van der Waals surface area contributed by atoms with Crippen LogP contribution in [-0.4, -0.2) is 11.8 Å². The first kappa shape index (κ1) is 8.42. The average molecular weight is 200 g/mol. The maximum absolute atomic E-state index is 5.87. The van der Waals surface area contributed by atoms with Crippen molar-refractivity contribution in [1.29, 1.82) is 0 Å². The number of thioether (sulfide) groups is 1. The molecule has 1 aromatic carbocycles. The van der Waals surface area contributed by atoms with Gasteiger partial charge in [-0.3, -0.25) is 0 Å².